The predicted octanol–water partition coefficient (Wildman–Crippen LogP) is 3.70. The van der Waals surface area contributed by atoms with Gasteiger partial charge in [0.15, 0.2) is 0 Å². The van der Waals surface area contributed by atoms with Crippen LogP contribution in [0.1, 0.15) is 0 Å². The van der Waals surface area contributed by atoms with E-state index in [1.54, 1.807) is 6.20 Å². The third kappa shape index (κ3) is 1.64. The summed E-state index contributed by atoms with van der Waals surface area (Å²) in [7, 11) is 1.90. The average Bonchev–Trinajstić information content (AvgIpc) is 2.82. The van der Waals surface area contributed by atoms with E-state index in [1.807, 2.05) is 49.6 Å². The summed E-state index contributed by atoms with van der Waals surface area (Å²) >= 11 is 6.23. The molecular formula is C14H12ClN3. The topological polar surface area (TPSA) is 29.3 Å². The highest BCUT2D eigenvalue weighted by Gasteiger charge is 2.10. The first kappa shape index (κ1) is 11.1. The van der Waals surface area contributed by atoms with E-state index in [9.17, 15) is 0 Å². The van der Waals surface area contributed by atoms with Crippen LogP contribution in [0.3, 0.4) is 0 Å². The van der Waals surface area contributed by atoms with Crippen LogP contribution in [-0.2, 0) is 0 Å². The van der Waals surface area contributed by atoms with Crippen LogP contribution in [0.15, 0.2) is 48.8 Å². The highest BCUT2D eigenvalue weighted by molar-refractivity contribution is 6.33. The zero-order valence-electron chi connectivity index (χ0n) is 9.89. The molecule has 0 aliphatic heterocycles. The maximum absolute atomic E-state index is 6.23. The lowest BCUT2D eigenvalue weighted by Gasteiger charge is -2.07. The van der Waals surface area contributed by atoms with Gasteiger partial charge >= 0.3 is 0 Å². The zero-order valence-corrected chi connectivity index (χ0v) is 10.6. The fourth-order valence-electron chi connectivity index (χ4n) is 2.11. The van der Waals surface area contributed by atoms with Crippen molar-refractivity contribution in [3.8, 4) is 11.3 Å². The molecule has 1 aromatic carbocycles. The molecule has 2 aromatic heterocycles. The van der Waals surface area contributed by atoms with Gasteiger partial charge in [0.2, 0.25) is 0 Å². The monoisotopic (exact) mass is 257 g/mol. The summed E-state index contributed by atoms with van der Waals surface area (Å²) in [5.74, 6) is 1.03. The van der Waals surface area contributed by atoms with E-state index in [1.165, 1.54) is 0 Å². The molecule has 0 aliphatic carbocycles. The van der Waals surface area contributed by atoms with E-state index in [4.69, 9.17) is 11.6 Å². The number of nitrogens with one attached hydrogen (secondary N) is 1. The van der Waals surface area contributed by atoms with Gasteiger partial charge in [0.1, 0.15) is 5.82 Å². The number of halogens is 1. The van der Waals surface area contributed by atoms with Crippen LogP contribution in [0.5, 0.6) is 0 Å². The standard InChI is InChI=1S/C14H12ClN3/c1-16-13-7-6-12-14(17-8-9-18(12)13)10-4-2-3-5-11(10)15/h2-9,16H,1H3. The number of nitrogens with zero attached hydrogens (tertiary/aromatic N) is 2. The molecule has 90 valence electrons. The second kappa shape index (κ2) is 4.35. The van der Waals surface area contributed by atoms with Crippen molar-refractivity contribution in [2.24, 2.45) is 0 Å². The zero-order chi connectivity index (χ0) is 12.5. The average molecular weight is 258 g/mol. The summed E-state index contributed by atoms with van der Waals surface area (Å²) in [6.45, 7) is 0. The molecule has 18 heavy (non-hydrogen) atoms. The van der Waals surface area contributed by atoms with Gasteiger partial charge in [-0.05, 0) is 18.2 Å². The molecule has 0 radical (unpaired) electrons. The molecule has 0 unspecified atom stereocenters. The Hall–Kier alpha value is -2.00. The lowest BCUT2D eigenvalue weighted by atomic mass is 10.1. The summed E-state index contributed by atoms with van der Waals surface area (Å²) in [6.07, 6.45) is 3.72. The fraction of sp³-hybridized carbons (Fsp3) is 0.0714. The Morgan fingerprint density at radius 1 is 1.17 bits per heavy atom. The van der Waals surface area contributed by atoms with Crippen molar-refractivity contribution in [1.29, 1.82) is 0 Å². The minimum Gasteiger partial charge on any atom is -0.374 e. The maximum Gasteiger partial charge on any atom is 0.110 e. The SMILES string of the molecule is CNc1ccc2c(-c3ccccc3Cl)nccn12. The first-order chi connectivity index (χ1) is 8.81. The highest BCUT2D eigenvalue weighted by atomic mass is 35.5. The first-order valence-corrected chi connectivity index (χ1v) is 6.08. The number of hydrogen-bond donors (Lipinski definition) is 1. The Bertz CT molecular complexity index is 703. The Labute approximate surface area is 110 Å². The van der Waals surface area contributed by atoms with E-state index >= 15 is 0 Å². The van der Waals surface area contributed by atoms with Gasteiger partial charge < -0.3 is 5.32 Å². The van der Waals surface area contributed by atoms with Crippen molar-refractivity contribution < 1.29 is 0 Å². The van der Waals surface area contributed by atoms with E-state index in [0.29, 0.717) is 5.02 Å². The van der Waals surface area contributed by atoms with Crippen molar-refractivity contribution in [3.63, 3.8) is 0 Å². The van der Waals surface area contributed by atoms with Crippen LogP contribution in [0.25, 0.3) is 16.8 Å². The van der Waals surface area contributed by atoms with Crippen LogP contribution < -0.4 is 5.32 Å². The highest BCUT2D eigenvalue weighted by Crippen LogP contribution is 2.30. The number of hydrogen-bond acceptors (Lipinski definition) is 2. The van der Waals surface area contributed by atoms with Gasteiger partial charge in [-0.25, -0.2) is 0 Å². The van der Waals surface area contributed by atoms with Gasteiger partial charge in [0.05, 0.1) is 16.2 Å². The largest absolute Gasteiger partial charge is 0.374 e. The predicted molar refractivity (Wildman–Crippen MR) is 75.2 cm³/mol. The third-order valence-electron chi connectivity index (χ3n) is 2.97. The van der Waals surface area contributed by atoms with Gasteiger partial charge in [-0.1, -0.05) is 29.8 Å². The van der Waals surface area contributed by atoms with Gasteiger partial charge in [0.25, 0.3) is 0 Å². The molecule has 1 N–H and O–H groups in total. The van der Waals surface area contributed by atoms with Crippen molar-refractivity contribution in [3.05, 3.63) is 53.8 Å². The number of fused-ring (bicyclic) bond motifs is 1. The Morgan fingerprint density at radius 3 is 2.78 bits per heavy atom. The third-order valence-corrected chi connectivity index (χ3v) is 3.29. The fourth-order valence-corrected chi connectivity index (χ4v) is 2.33. The molecule has 0 fully saturated rings. The van der Waals surface area contributed by atoms with Crippen LogP contribution in [-0.4, -0.2) is 16.4 Å². The number of anilines is 1. The quantitative estimate of drug-likeness (QED) is 0.759. The van der Waals surface area contributed by atoms with Gasteiger partial charge in [-0.3, -0.25) is 9.38 Å². The van der Waals surface area contributed by atoms with Crippen molar-refractivity contribution in [2.75, 3.05) is 12.4 Å². The van der Waals surface area contributed by atoms with Crippen LogP contribution in [0.4, 0.5) is 5.82 Å². The van der Waals surface area contributed by atoms with Crippen molar-refractivity contribution >= 4 is 22.9 Å². The second-order valence-electron chi connectivity index (χ2n) is 3.98. The Kier molecular flexibility index (Phi) is 2.68. The molecule has 0 saturated carbocycles. The molecule has 0 amide bonds. The minimum absolute atomic E-state index is 0.713. The van der Waals surface area contributed by atoms with Gasteiger partial charge in [-0.2, -0.15) is 0 Å². The molecule has 0 atom stereocenters. The molecule has 3 aromatic rings. The molecule has 0 spiro atoms. The summed E-state index contributed by atoms with van der Waals surface area (Å²) in [5, 5.41) is 3.86. The normalized spacial score (nSPS) is 10.8. The van der Waals surface area contributed by atoms with Crippen molar-refractivity contribution in [2.45, 2.75) is 0 Å². The molecule has 0 saturated heterocycles. The van der Waals surface area contributed by atoms with E-state index in [2.05, 4.69) is 14.7 Å². The summed E-state index contributed by atoms with van der Waals surface area (Å²) in [6, 6.07) is 11.8. The van der Waals surface area contributed by atoms with Crippen molar-refractivity contribution in [1.82, 2.24) is 9.38 Å². The minimum atomic E-state index is 0.713. The second-order valence-corrected chi connectivity index (χ2v) is 4.39. The van der Waals surface area contributed by atoms with E-state index < -0.39 is 0 Å². The molecule has 4 heteroatoms. The van der Waals surface area contributed by atoms with E-state index in [0.717, 1.165) is 22.6 Å². The molecule has 0 bridgehead atoms. The molecule has 0 aliphatic rings. The number of aromatic nitrogens is 2. The number of benzene rings is 1. The van der Waals surface area contributed by atoms with E-state index in [-0.39, 0.29) is 0 Å². The molecule has 3 rings (SSSR count). The Morgan fingerprint density at radius 2 is 2.00 bits per heavy atom. The molecular weight excluding hydrogens is 246 g/mol. The first-order valence-electron chi connectivity index (χ1n) is 5.70. The van der Waals surface area contributed by atoms with Crippen LogP contribution in [0, 0.1) is 0 Å². The smallest absolute Gasteiger partial charge is 0.110 e. The Balaban J connectivity index is 2.30. The lowest BCUT2D eigenvalue weighted by molar-refractivity contribution is 1.14. The molecule has 2 heterocycles. The lowest BCUT2D eigenvalue weighted by Crippen LogP contribution is -1.96. The number of rotatable bonds is 2. The molecule has 3 nitrogen and oxygen atoms in total. The van der Waals surface area contributed by atoms with Gasteiger partial charge in [-0.15, -0.1) is 0 Å². The maximum atomic E-state index is 6.23. The summed E-state index contributed by atoms with van der Waals surface area (Å²) in [4.78, 5) is 4.45. The van der Waals surface area contributed by atoms with Crippen LogP contribution in [0.2, 0.25) is 5.02 Å². The van der Waals surface area contributed by atoms with Crippen LogP contribution >= 0.6 is 11.6 Å². The summed E-state index contributed by atoms with van der Waals surface area (Å²) < 4.78 is 2.06. The van der Waals surface area contributed by atoms with Gasteiger partial charge in [0, 0.05) is 25.0 Å². The summed E-state index contributed by atoms with van der Waals surface area (Å²) in [5.41, 5.74) is 2.88.